The smallest absolute Gasteiger partial charge is 0.344 e. The maximum Gasteiger partial charge on any atom is 0.344 e. The first-order valence-electron chi connectivity index (χ1n) is 7.59. The van der Waals surface area contributed by atoms with Gasteiger partial charge in [-0.1, -0.05) is 17.8 Å². The molecule has 0 saturated carbocycles. The highest BCUT2D eigenvalue weighted by Gasteiger charge is 2.20. The van der Waals surface area contributed by atoms with E-state index in [2.05, 4.69) is 9.97 Å². The molecule has 0 amide bonds. The first-order chi connectivity index (χ1) is 12.5. The zero-order chi connectivity index (χ0) is 19.1. The van der Waals surface area contributed by atoms with E-state index in [0.717, 1.165) is 0 Å². The van der Waals surface area contributed by atoms with E-state index in [1.807, 2.05) is 6.07 Å². The number of ether oxygens (including phenoxy) is 3. The molecule has 2 aromatic rings. The Morgan fingerprint density at radius 3 is 2.81 bits per heavy atom. The molecule has 0 bridgehead atoms. The number of nitrogens with zero attached hydrogens (tertiary/aromatic N) is 2. The number of aromatic amines is 1. The minimum absolute atomic E-state index is 0.151. The van der Waals surface area contributed by atoms with Gasteiger partial charge in [0.05, 0.1) is 13.7 Å². The monoisotopic (exact) mass is 375 g/mol. The maximum absolute atomic E-state index is 12.2. The molecule has 0 unspecified atom stereocenters. The van der Waals surface area contributed by atoms with Crippen LogP contribution in [0.3, 0.4) is 0 Å². The lowest BCUT2D eigenvalue weighted by Crippen LogP contribution is -2.17. The van der Waals surface area contributed by atoms with Crippen LogP contribution in [0, 0.1) is 11.3 Å². The van der Waals surface area contributed by atoms with Gasteiger partial charge in [0.25, 0.3) is 5.56 Å². The van der Waals surface area contributed by atoms with Crippen molar-refractivity contribution in [2.75, 3.05) is 26.6 Å². The molecule has 1 aromatic carbocycles. The molecule has 0 saturated heterocycles. The van der Waals surface area contributed by atoms with Crippen molar-refractivity contribution in [2.45, 2.75) is 12.1 Å². The average Bonchev–Trinajstić information content (AvgIpc) is 2.65. The number of carbonyl (C=O) groups excluding carboxylic acids is 1. The summed E-state index contributed by atoms with van der Waals surface area (Å²) in [5, 5.41) is 9.72. The Kier molecular flexibility index (Phi) is 6.63. The van der Waals surface area contributed by atoms with Crippen molar-refractivity contribution in [2.24, 2.45) is 0 Å². The van der Waals surface area contributed by atoms with Crippen molar-refractivity contribution in [3.8, 4) is 28.8 Å². The number of hydrogen-bond acceptors (Lipinski definition) is 8. The Hall–Kier alpha value is -2.99. The molecule has 1 aromatic heterocycles. The first kappa shape index (κ1) is 19.3. The van der Waals surface area contributed by atoms with Gasteiger partial charge in [0.15, 0.2) is 23.3 Å². The number of benzene rings is 1. The van der Waals surface area contributed by atoms with Crippen LogP contribution < -0.4 is 15.0 Å². The third-order valence-electron chi connectivity index (χ3n) is 3.30. The summed E-state index contributed by atoms with van der Waals surface area (Å²) in [5.41, 5.74) is -0.192. The Labute approximate surface area is 154 Å². The first-order valence-corrected chi connectivity index (χ1v) is 8.82. The van der Waals surface area contributed by atoms with E-state index in [4.69, 9.17) is 14.2 Å². The molecule has 0 atom stereocenters. The van der Waals surface area contributed by atoms with Crippen LogP contribution in [0.2, 0.25) is 0 Å². The zero-order valence-corrected chi connectivity index (χ0v) is 15.3. The molecule has 26 heavy (non-hydrogen) atoms. The molecule has 0 aliphatic heterocycles. The molecule has 0 radical (unpaired) electrons. The van der Waals surface area contributed by atoms with Gasteiger partial charge in [0.1, 0.15) is 17.3 Å². The summed E-state index contributed by atoms with van der Waals surface area (Å²) >= 11 is 1.23. The molecule has 8 nitrogen and oxygen atoms in total. The molecule has 136 valence electrons. The lowest BCUT2D eigenvalue weighted by molar-refractivity contribution is -0.145. The number of aromatic nitrogens is 2. The number of nitriles is 1. The predicted molar refractivity (Wildman–Crippen MR) is 95.5 cm³/mol. The molecule has 1 heterocycles. The number of hydrogen-bond donors (Lipinski definition) is 1. The Morgan fingerprint density at radius 1 is 1.42 bits per heavy atom. The minimum Gasteiger partial charge on any atom is -0.493 e. The molecule has 0 aliphatic carbocycles. The van der Waals surface area contributed by atoms with Crippen LogP contribution in [-0.4, -0.2) is 42.5 Å². The van der Waals surface area contributed by atoms with Gasteiger partial charge in [-0.3, -0.25) is 4.79 Å². The van der Waals surface area contributed by atoms with Crippen LogP contribution in [0.4, 0.5) is 0 Å². The van der Waals surface area contributed by atoms with Crippen LogP contribution >= 0.6 is 11.8 Å². The summed E-state index contributed by atoms with van der Waals surface area (Å²) in [4.78, 5) is 30.6. The van der Waals surface area contributed by atoms with E-state index < -0.39 is 11.5 Å². The molecule has 0 fully saturated rings. The fraction of sp³-hybridized carbons (Fsp3) is 0.294. The standard InChI is InChI=1S/C17H17N3O5S/c1-4-24-13(21)9-25-15-10(6-5-7-12(15)23-2)14-11(8-18)16(22)20-17(19-14)26-3/h5-7H,4,9H2,1-3H3,(H,19,20,22). The van der Waals surface area contributed by atoms with E-state index in [1.54, 1.807) is 31.4 Å². The third kappa shape index (κ3) is 4.15. The molecular weight excluding hydrogens is 358 g/mol. The average molecular weight is 375 g/mol. The van der Waals surface area contributed by atoms with Crippen LogP contribution in [0.25, 0.3) is 11.3 Å². The van der Waals surface area contributed by atoms with Crippen molar-refractivity contribution in [3.05, 3.63) is 34.1 Å². The minimum atomic E-state index is -0.555. The molecule has 0 aliphatic rings. The second kappa shape index (κ2) is 8.92. The van der Waals surface area contributed by atoms with Crippen molar-refractivity contribution in [1.29, 1.82) is 5.26 Å². The van der Waals surface area contributed by atoms with Gasteiger partial charge in [-0.05, 0) is 25.3 Å². The summed E-state index contributed by atoms with van der Waals surface area (Å²) in [5.74, 6) is -0.0123. The van der Waals surface area contributed by atoms with Crippen LogP contribution in [0.5, 0.6) is 11.5 Å². The summed E-state index contributed by atoms with van der Waals surface area (Å²) in [6, 6.07) is 6.81. The number of nitrogens with one attached hydrogen (secondary N) is 1. The second-order valence-electron chi connectivity index (χ2n) is 4.84. The molecule has 1 N–H and O–H groups in total. The maximum atomic E-state index is 12.2. The summed E-state index contributed by atoms with van der Waals surface area (Å²) < 4.78 is 15.7. The van der Waals surface area contributed by atoms with Crippen molar-refractivity contribution in [3.63, 3.8) is 0 Å². The lowest BCUT2D eigenvalue weighted by Gasteiger charge is -2.15. The van der Waals surface area contributed by atoms with E-state index in [-0.39, 0.29) is 30.2 Å². The number of para-hydroxylation sites is 1. The highest BCUT2D eigenvalue weighted by molar-refractivity contribution is 7.98. The van der Waals surface area contributed by atoms with Gasteiger partial charge in [-0.15, -0.1) is 0 Å². The number of thioether (sulfide) groups is 1. The molecule has 2 rings (SSSR count). The van der Waals surface area contributed by atoms with Gasteiger partial charge >= 0.3 is 5.97 Å². The fourth-order valence-corrected chi connectivity index (χ4v) is 2.57. The number of H-pyrrole nitrogens is 1. The highest BCUT2D eigenvalue weighted by Crippen LogP contribution is 2.38. The fourth-order valence-electron chi connectivity index (χ4n) is 2.19. The van der Waals surface area contributed by atoms with Crippen LogP contribution in [0.1, 0.15) is 12.5 Å². The number of rotatable bonds is 7. The van der Waals surface area contributed by atoms with Gasteiger partial charge in [-0.25, -0.2) is 9.78 Å². The van der Waals surface area contributed by atoms with Crippen LogP contribution in [-0.2, 0) is 9.53 Å². The van der Waals surface area contributed by atoms with Crippen LogP contribution in [0.15, 0.2) is 28.2 Å². The predicted octanol–water partition coefficient (Wildman–Crippen LogP) is 1.98. The van der Waals surface area contributed by atoms with Crippen molar-refractivity contribution in [1.82, 2.24) is 9.97 Å². The number of methoxy groups -OCH3 is 1. The summed E-state index contributed by atoms with van der Waals surface area (Å²) in [7, 11) is 1.44. The van der Waals surface area contributed by atoms with E-state index in [1.165, 1.54) is 18.9 Å². The van der Waals surface area contributed by atoms with Crippen molar-refractivity contribution >= 4 is 17.7 Å². The highest BCUT2D eigenvalue weighted by atomic mass is 32.2. The quantitative estimate of drug-likeness (QED) is 0.444. The summed E-state index contributed by atoms with van der Waals surface area (Å²) in [6.45, 7) is 1.57. The Morgan fingerprint density at radius 2 is 2.19 bits per heavy atom. The van der Waals surface area contributed by atoms with Gasteiger partial charge in [-0.2, -0.15) is 5.26 Å². The number of carbonyl (C=O) groups is 1. The Balaban J connectivity index is 2.60. The molecule has 0 spiro atoms. The normalized spacial score (nSPS) is 10.1. The van der Waals surface area contributed by atoms with Gasteiger partial charge in [0.2, 0.25) is 0 Å². The summed E-state index contributed by atoms with van der Waals surface area (Å²) in [6.07, 6.45) is 1.75. The topological polar surface area (TPSA) is 114 Å². The third-order valence-corrected chi connectivity index (χ3v) is 3.88. The zero-order valence-electron chi connectivity index (χ0n) is 14.5. The Bertz CT molecular complexity index is 904. The SMILES string of the molecule is CCOC(=O)COc1c(OC)cccc1-c1nc(SC)[nH]c(=O)c1C#N. The molecular formula is C17H17N3O5S. The van der Waals surface area contributed by atoms with Crippen molar-refractivity contribution < 1.29 is 19.0 Å². The van der Waals surface area contributed by atoms with Gasteiger partial charge in [0, 0.05) is 5.56 Å². The van der Waals surface area contributed by atoms with E-state index >= 15 is 0 Å². The molecule has 9 heteroatoms. The van der Waals surface area contributed by atoms with E-state index in [9.17, 15) is 14.9 Å². The van der Waals surface area contributed by atoms with E-state index in [0.29, 0.717) is 16.5 Å². The largest absolute Gasteiger partial charge is 0.493 e. The second-order valence-corrected chi connectivity index (χ2v) is 5.64. The lowest BCUT2D eigenvalue weighted by atomic mass is 10.1. The van der Waals surface area contributed by atoms with Gasteiger partial charge < -0.3 is 19.2 Å². The number of esters is 1.